The first-order valence-corrected chi connectivity index (χ1v) is 6.87. The van der Waals surface area contributed by atoms with Crippen LogP contribution in [0.1, 0.15) is 33.6 Å². The highest BCUT2D eigenvalue weighted by molar-refractivity contribution is 5.97. The Morgan fingerprint density at radius 2 is 1.85 bits per heavy atom. The molecular weight excluding hydrogens is 254 g/mol. The van der Waals surface area contributed by atoms with Gasteiger partial charge < -0.3 is 15.5 Å². The van der Waals surface area contributed by atoms with Crippen LogP contribution in [0.4, 0.5) is 0 Å². The van der Waals surface area contributed by atoms with Gasteiger partial charge in [-0.25, -0.2) is 0 Å². The molecule has 1 aliphatic rings. The summed E-state index contributed by atoms with van der Waals surface area (Å²) in [6, 6.07) is 6.97. The predicted molar refractivity (Wildman–Crippen MR) is 77.6 cm³/mol. The van der Waals surface area contributed by atoms with Crippen LogP contribution in [-0.2, 0) is 0 Å². The number of hydrogen-bond acceptors (Lipinski definition) is 3. The fourth-order valence-electron chi connectivity index (χ4n) is 2.53. The highest BCUT2D eigenvalue weighted by atomic mass is 16.2. The van der Waals surface area contributed by atoms with Gasteiger partial charge in [-0.15, -0.1) is 0 Å². The zero-order chi connectivity index (χ0) is 14.7. The molecule has 1 heterocycles. The monoisotopic (exact) mass is 275 g/mol. The molecule has 1 unspecified atom stereocenters. The van der Waals surface area contributed by atoms with Crippen molar-refractivity contribution in [2.45, 2.75) is 18.9 Å². The largest absolute Gasteiger partial charge is 0.345 e. The molecule has 1 atom stereocenters. The fraction of sp³-hybridized carbons (Fsp3) is 0.467. The van der Waals surface area contributed by atoms with Gasteiger partial charge in [-0.2, -0.15) is 0 Å². The molecule has 108 valence electrons. The molecule has 0 radical (unpaired) electrons. The lowest BCUT2D eigenvalue weighted by Crippen LogP contribution is -2.39. The molecule has 2 amide bonds. The number of carbonyl (C=O) groups is 2. The summed E-state index contributed by atoms with van der Waals surface area (Å²) in [5, 5.41) is 0. The second-order valence-electron chi connectivity index (χ2n) is 5.31. The number of amides is 2. The van der Waals surface area contributed by atoms with E-state index in [1.54, 1.807) is 38.4 Å². The van der Waals surface area contributed by atoms with Gasteiger partial charge in [-0.3, -0.25) is 9.59 Å². The minimum Gasteiger partial charge on any atom is -0.345 e. The van der Waals surface area contributed by atoms with Crippen LogP contribution in [0.3, 0.4) is 0 Å². The molecule has 1 aliphatic heterocycles. The summed E-state index contributed by atoms with van der Waals surface area (Å²) in [5.41, 5.74) is 6.89. The van der Waals surface area contributed by atoms with Crippen LogP contribution in [0.15, 0.2) is 24.3 Å². The molecule has 20 heavy (non-hydrogen) atoms. The maximum Gasteiger partial charge on any atom is 0.254 e. The first kappa shape index (κ1) is 14.5. The Kier molecular flexibility index (Phi) is 4.39. The third kappa shape index (κ3) is 2.82. The Balaban J connectivity index is 2.13. The van der Waals surface area contributed by atoms with Gasteiger partial charge >= 0.3 is 0 Å². The molecule has 0 saturated carbocycles. The molecule has 2 N–H and O–H groups in total. The number of nitrogens with zero attached hydrogens (tertiary/aromatic N) is 2. The molecule has 1 aromatic carbocycles. The second kappa shape index (κ2) is 6.05. The van der Waals surface area contributed by atoms with Crippen molar-refractivity contribution in [3.8, 4) is 0 Å². The van der Waals surface area contributed by atoms with E-state index in [2.05, 4.69) is 0 Å². The van der Waals surface area contributed by atoms with E-state index in [9.17, 15) is 9.59 Å². The minimum absolute atomic E-state index is 0.00167. The zero-order valence-electron chi connectivity index (χ0n) is 12.0. The third-order valence-corrected chi connectivity index (χ3v) is 3.70. The van der Waals surface area contributed by atoms with Crippen molar-refractivity contribution in [2.75, 3.05) is 27.2 Å². The van der Waals surface area contributed by atoms with Gasteiger partial charge in [0.15, 0.2) is 0 Å². The summed E-state index contributed by atoms with van der Waals surface area (Å²) in [6.07, 6.45) is 1.98. The topological polar surface area (TPSA) is 66.6 Å². The Bertz CT molecular complexity index is 496. The molecule has 5 heteroatoms. The molecule has 0 aliphatic carbocycles. The first-order valence-electron chi connectivity index (χ1n) is 6.87. The minimum atomic E-state index is -0.0648. The van der Waals surface area contributed by atoms with Crippen LogP contribution in [-0.4, -0.2) is 54.8 Å². The first-order chi connectivity index (χ1) is 9.54. The van der Waals surface area contributed by atoms with Gasteiger partial charge in [0, 0.05) is 44.4 Å². The quantitative estimate of drug-likeness (QED) is 0.893. The number of nitrogens with two attached hydrogens (primary N) is 1. The smallest absolute Gasteiger partial charge is 0.254 e. The summed E-state index contributed by atoms with van der Waals surface area (Å²) in [5.74, 6) is -0.0631. The van der Waals surface area contributed by atoms with Crippen molar-refractivity contribution in [1.29, 1.82) is 0 Å². The molecule has 1 fully saturated rings. The Morgan fingerprint density at radius 1 is 1.25 bits per heavy atom. The van der Waals surface area contributed by atoms with Gasteiger partial charge in [0.25, 0.3) is 11.8 Å². The predicted octanol–water partition coefficient (Wildman–Crippen LogP) is 0.952. The average molecular weight is 275 g/mol. The van der Waals surface area contributed by atoms with Crippen LogP contribution in [0.5, 0.6) is 0 Å². The molecule has 1 saturated heterocycles. The number of rotatable bonds is 3. The summed E-state index contributed by atoms with van der Waals surface area (Å²) < 4.78 is 0. The normalized spacial score (nSPS) is 18.1. The molecule has 5 nitrogen and oxygen atoms in total. The van der Waals surface area contributed by atoms with E-state index in [1.807, 2.05) is 4.90 Å². The number of carbonyl (C=O) groups excluding carboxylic acids is 2. The van der Waals surface area contributed by atoms with Gasteiger partial charge in [-0.1, -0.05) is 0 Å². The average Bonchev–Trinajstić information content (AvgIpc) is 2.94. The van der Waals surface area contributed by atoms with Crippen molar-refractivity contribution in [3.05, 3.63) is 35.4 Å². The van der Waals surface area contributed by atoms with E-state index in [0.29, 0.717) is 17.7 Å². The van der Waals surface area contributed by atoms with E-state index < -0.39 is 0 Å². The maximum atomic E-state index is 12.4. The molecule has 2 rings (SSSR count). The zero-order valence-corrected chi connectivity index (χ0v) is 12.0. The van der Waals surface area contributed by atoms with Crippen LogP contribution >= 0.6 is 0 Å². The van der Waals surface area contributed by atoms with Crippen LogP contribution in [0.25, 0.3) is 0 Å². The lowest BCUT2D eigenvalue weighted by Gasteiger charge is -2.23. The standard InChI is InChI=1S/C15H21N3O2/c1-17(2)14(19)11-5-7-12(8-6-11)15(20)18-9-3-4-13(18)10-16/h5-8,13H,3-4,9-10,16H2,1-2H3. The van der Waals surface area contributed by atoms with E-state index in [1.165, 1.54) is 4.90 Å². The van der Waals surface area contributed by atoms with Gasteiger partial charge in [0.2, 0.25) is 0 Å². The molecule has 1 aromatic rings. The Hall–Kier alpha value is -1.88. The van der Waals surface area contributed by atoms with E-state index in [-0.39, 0.29) is 17.9 Å². The lowest BCUT2D eigenvalue weighted by atomic mass is 10.1. The number of benzene rings is 1. The van der Waals surface area contributed by atoms with Crippen LogP contribution < -0.4 is 5.73 Å². The Morgan fingerprint density at radius 3 is 2.40 bits per heavy atom. The van der Waals surface area contributed by atoms with Crippen LogP contribution in [0.2, 0.25) is 0 Å². The highest BCUT2D eigenvalue weighted by Crippen LogP contribution is 2.19. The third-order valence-electron chi connectivity index (χ3n) is 3.70. The molecule has 0 aromatic heterocycles. The van der Waals surface area contributed by atoms with Gasteiger partial charge in [0.05, 0.1) is 0 Å². The number of likely N-dealkylation sites (tertiary alicyclic amines) is 1. The maximum absolute atomic E-state index is 12.4. The fourth-order valence-corrected chi connectivity index (χ4v) is 2.53. The molecule has 0 bridgehead atoms. The van der Waals surface area contributed by atoms with E-state index in [0.717, 1.165) is 19.4 Å². The second-order valence-corrected chi connectivity index (χ2v) is 5.31. The van der Waals surface area contributed by atoms with E-state index in [4.69, 9.17) is 5.73 Å². The van der Waals surface area contributed by atoms with Crippen molar-refractivity contribution < 1.29 is 9.59 Å². The van der Waals surface area contributed by atoms with Crippen molar-refractivity contribution >= 4 is 11.8 Å². The van der Waals surface area contributed by atoms with Gasteiger partial charge in [-0.05, 0) is 37.1 Å². The van der Waals surface area contributed by atoms with Gasteiger partial charge in [0.1, 0.15) is 0 Å². The number of hydrogen-bond donors (Lipinski definition) is 1. The SMILES string of the molecule is CN(C)C(=O)c1ccc(C(=O)N2CCCC2CN)cc1. The summed E-state index contributed by atoms with van der Waals surface area (Å²) in [4.78, 5) is 27.6. The highest BCUT2D eigenvalue weighted by Gasteiger charge is 2.28. The van der Waals surface area contributed by atoms with Crippen molar-refractivity contribution in [1.82, 2.24) is 9.80 Å². The van der Waals surface area contributed by atoms with Crippen LogP contribution in [0, 0.1) is 0 Å². The summed E-state index contributed by atoms with van der Waals surface area (Å²) in [6.45, 7) is 1.27. The Labute approximate surface area is 119 Å². The summed E-state index contributed by atoms with van der Waals surface area (Å²) >= 11 is 0. The molecule has 0 spiro atoms. The van der Waals surface area contributed by atoms with Crippen molar-refractivity contribution in [2.24, 2.45) is 5.73 Å². The summed E-state index contributed by atoms with van der Waals surface area (Å²) in [7, 11) is 3.41. The molecular formula is C15H21N3O2. The van der Waals surface area contributed by atoms with E-state index >= 15 is 0 Å². The van der Waals surface area contributed by atoms with Crippen molar-refractivity contribution in [3.63, 3.8) is 0 Å². The lowest BCUT2D eigenvalue weighted by molar-refractivity contribution is 0.0739.